The molecule has 1 aromatic heterocycles. The van der Waals surface area contributed by atoms with Crippen molar-refractivity contribution in [2.75, 3.05) is 36.9 Å². The molecule has 1 heterocycles. The molecule has 4 N–H and O–H groups in total. The molecule has 0 saturated carbocycles. The first kappa shape index (κ1) is 42.9. The zero-order valence-corrected chi connectivity index (χ0v) is 35.8. The molecule has 7 aromatic rings. The maximum atomic E-state index is 14.7. The van der Waals surface area contributed by atoms with E-state index in [-0.39, 0.29) is 25.7 Å². The van der Waals surface area contributed by atoms with Crippen molar-refractivity contribution in [2.45, 2.75) is 37.4 Å². The van der Waals surface area contributed by atoms with Crippen LogP contribution in [0.15, 0.2) is 188 Å². The Morgan fingerprint density at radius 3 is 1.35 bits per heavy atom. The Hall–Kier alpha value is -7.17. The number of carbonyl (C=O) groups is 2. The van der Waals surface area contributed by atoms with Crippen molar-refractivity contribution >= 4 is 23.6 Å². The van der Waals surface area contributed by atoms with Crippen LogP contribution < -0.4 is 21.3 Å². The summed E-state index contributed by atoms with van der Waals surface area (Å²) >= 11 is 0. The molecule has 0 aliphatic heterocycles. The van der Waals surface area contributed by atoms with Gasteiger partial charge in [-0.15, -0.1) is 0 Å². The highest BCUT2D eigenvalue weighted by Gasteiger charge is 2.39. The molecule has 3 amide bonds. The van der Waals surface area contributed by atoms with E-state index in [9.17, 15) is 9.59 Å². The van der Waals surface area contributed by atoms with Crippen molar-refractivity contribution in [1.29, 1.82) is 0 Å². The molecule has 0 atom stereocenters. The summed E-state index contributed by atoms with van der Waals surface area (Å²) in [7, 11) is 1.85. The average Bonchev–Trinajstić information content (AvgIpc) is 3.64. The molecular formula is C52H55N7O3. The van der Waals surface area contributed by atoms with E-state index in [1.54, 1.807) is 15.8 Å². The zero-order chi connectivity index (χ0) is 43.4. The van der Waals surface area contributed by atoms with Gasteiger partial charge >= 0.3 is 12.1 Å². The topological polar surface area (TPSA) is 113 Å². The van der Waals surface area contributed by atoms with E-state index >= 15 is 0 Å². The highest BCUT2D eigenvalue weighted by molar-refractivity contribution is 5.92. The van der Waals surface area contributed by atoms with Gasteiger partial charge in [0.15, 0.2) is 0 Å². The van der Waals surface area contributed by atoms with Gasteiger partial charge in [0.2, 0.25) is 0 Å². The maximum absolute atomic E-state index is 14.7. The van der Waals surface area contributed by atoms with Crippen LogP contribution in [0.3, 0.4) is 0 Å². The molecular weight excluding hydrogens is 771 g/mol. The SMILES string of the molecule is Cn1ncc(NC(=O)N(CCNC(c2ccccc2)(c2ccccc2)c2ccccc2)CCOC(=O)NC(C)(C)C)c1NC(c1ccccc1)(c1ccccc1)c1ccccc1. The molecule has 316 valence electrons. The Morgan fingerprint density at radius 1 is 0.581 bits per heavy atom. The van der Waals surface area contributed by atoms with E-state index in [1.807, 2.05) is 137 Å². The monoisotopic (exact) mass is 825 g/mol. The van der Waals surface area contributed by atoms with Crippen LogP contribution in [0.4, 0.5) is 21.1 Å². The molecule has 10 nitrogen and oxygen atoms in total. The van der Waals surface area contributed by atoms with Gasteiger partial charge in [-0.05, 0) is 54.2 Å². The average molecular weight is 826 g/mol. The van der Waals surface area contributed by atoms with Crippen LogP contribution in [-0.4, -0.2) is 58.6 Å². The number of hydrogen-bond acceptors (Lipinski definition) is 6. The molecule has 10 heteroatoms. The fourth-order valence-corrected chi connectivity index (χ4v) is 7.98. The van der Waals surface area contributed by atoms with Crippen molar-refractivity contribution in [3.8, 4) is 0 Å². The third-order valence-corrected chi connectivity index (χ3v) is 10.9. The number of nitrogens with one attached hydrogen (secondary N) is 4. The number of urea groups is 1. The van der Waals surface area contributed by atoms with Crippen LogP contribution >= 0.6 is 0 Å². The minimum Gasteiger partial charge on any atom is -0.448 e. The lowest BCUT2D eigenvalue weighted by Crippen LogP contribution is -2.49. The summed E-state index contributed by atoms with van der Waals surface area (Å²) in [5, 5.41) is 18.4. The van der Waals surface area contributed by atoms with Crippen molar-refractivity contribution in [3.63, 3.8) is 0 Å². The van der Waals surface area contributed by atoms with Gasteiger partial charge < -0.3 is 25.6 Å². The van der Waals surface area contributed by atoms with E-state index in [2.05, 4.69) is 99.2 Å². The summed E-state index contributed by atoms with van der Waals surface area (Å²) in [5.41, 5.74) is 4.58. The van der Waals surface area contributed by atoms with Crippen LogP contribution in [0.1, 0.15) is 54.2 Å². The molecule has 0 radical (unpaired) electrons. The molecule has 0 spiro atoms. The number of nitrogens with zero attached hydrogens (tertiary/aromatic N) is 3. The number of amides is 3. The second-order valence-corrected chi connectivity index (χ2v) is 16.2. The second kappa shape index (κ2) is 19.5. The lowest BCUT2D eigenvalue weighted by molar-refractivity contribution is 0.124. The highest BCUT2D eigenvalue weighted by Crippen LogP contribution is 2.42. The van der Waals surface area contributed by atoms with Crippen molar-refractivity contribution in [1.82, 2.24) is 25.3 Å². The number of aryl methyl sites for hydroxylation is 1. The van der Waals surface area contributed by atoms with Crippen LogP contribution in [0.25, 0.3) is 0 Å². The quantitative estimate of drug-likeness (QED) is 0.0723. The predicted octanol–water partition coefficient (Wildman–Crippen LogP) is 9.76. The summed E-state index contributed by atoms with van der Waals surface area (Å²) in [6.45, 7) is 6.44. The standard InChI is InChI=1S/C52H55N7O3/c1-50(2,3)57-49(61)62-38-37-59(36-35-53-51(40-23-11-5-12-24-40,41-25-13-6-14-26-41)42-27-15-7-16-28-42)48(60)55-46-39-54-58(4)47(46)56-52(43-29-17-8-18-30-43,44-31-19-9-20-32-44)45-33-21-10-22-34-45/h5-34,39,53,56H,35-38H2,1-4H3,(H,55,60)(H,57,61). The minimum absolute atomic E-state index is 0.0200. The highest BCUT2D eigenvalue weighted by atomic mass is 16.5. The molecule has 0 aliphatic carbocycles. The van der Waals surface area contributed by atoms with Gasteiger partial charge in [0.1, 0.15) is 23.7 Å². The Morgan fingerprint density at radius 2 is 0.968 bits per heavy atom. The Balaban J connectivity index is 1.22. The number of rotatable bonds is 16. The van der Waals surface area contributed by atoms with E-state index in [4.69, 9.17) is 4.74 Å². The van der Waals surface area contributed by atoms with Crippen LogP contribution in [0.2, 0.25) is 0 Å². The van der Waals surface area contributed by atoms with Gasteiger partial charge in [-0.1, -0.05) is 182 Å². The first-order valence-electron chi connectivity index (χ1n) is 21.0. The summed E-state index contributed by atoms with van der Waals surface area (Å²) in [5.74, 6) is 0.602. The second-order valence-electron chi connectivity index (χ2n) is 16.2. The third-order valence-electron chi connectivity index (χ3n) is 10.9. The van der Waals surface area contributed by atoms with Crippen molar-refractivity contribution < 1.29 is 14.3 Å². The molecule has 0 saturated heterocycles. The summed E-state index contributed by atoms with van der Waals surface area (Å²) in [6, 6.07) is 61.4. The lowest BCUT2D eigenvalue weighted by atomic mass is 9.77. The van der Waals surface area contributed by atoms with Gasteiger partial charge in [-0.25, -0.2) is 9.59 Å². The van der Waals surface area contributed by atoms with E-state index in [0.29, 0.717) is 18.1 Å². The van der Waals surface area contributed by atoms with Crippen LogP contribution in [0, 0.1) is 0 Å². The Kier molecular flexibility index (Phi) is 13.5. The number of ether oxygens (including phenoxy) is 1. The molecule has 0 aliphatic rings. The number of carbonyl (C=O) groups excluding carboxylic acids is 2. The summed E-state index contributed by atoms with van der Waals surface area (Å²) < 4.78 is 7.36. The van der Waals surface area contributed by atoms with E-state index in [1.165, 1.54) is 0 Å². The fourth-order valence-electron chi connectivity index (χ4n) is 7.98. The molecule has 0 bridgehead atoms. The van der Waals surface area contributed by atoms with Gasteiger partial charge in [-0.3, -0.25) is 10.00 Å². The van der Waals surface area contributed by atoms with Gasteiger partial charge in [0, 0.05) is 25.7 Å². The fraction of sp³-hybridized carbons (Fsp3) is 0.212. The van der Waals surface area contributed by atoms with E-state index in [0.717, 1.165) is 33.4 Å². The lowest BCUT2D eigenvalue weighted by Gasteiger charge is -2.38. The van der Waals surface area contributed by atoms with Gasteiger partial charge in [0.05, 0.1) is 18.3 Å². The Labute approximate surface area is 365 Å². The van der Waals surface area contributed by atoms with Gasteiger partial charge in [0.25, 0.3) is 0 Å². The van der Waals surface area contributed by atoms with E-state index < -0.39 is 22.7 Å². The number of aromatic nitrogens is 2. The smallest absolute Gasteiger partial charge is 0.407 e. The molecule has 7 rings (SSSR count). The normalized spacial score (nSPS) is 11.7. The first-order valence-corrected chi connectivity index (χ1v) is 21.0. The maximum Gasteiger partial charge on any atom is 0.407 e. The third kappa shape index (κ3) is 9.72. The molecule has 0 unspecified atom stereocenters. The van der Waals surface area contributed by atoms with Crippen molar-refractivity contribution in [3.05, 3.63) is 222 Å². The number of hydrogen-bond donors (Lipinski definition) is 4. The molecule has 0 fully saturated rings. The Bertz CT molecular complexity index is 2280. The summed E-state index contributed by atoms with van der Waals surface area (Å²) in [4.78, 5) is 29.1. The number of benzene rings is 6. The number of anilines is 2. The van der Waals surface area contributed by atoms with Gasteiger partial charge in [-0.2, -0.15) is 5.10 Å². The zero-order valence-electron chi connectivity index (χ0n) is 35.8. The van der Waals surface area contributed by atoms with Crippen LogP contribution in [-0.2, 0) is 22.9 Å². The molecule has 62 heavy (non-hydrogen) atoms. The minimum atomic E-state index is -0.870. The van der Waals surface area contributed by atoms with Crippen LogP contribution in [0.5, 0.6) is 0 Å². The number of alkyl carbamates (subject to hydrolysis) is 1. The predicted molar refractivity (Wildman–Crippen MR) is 248 cm³/mol. The molecule has 6 aromatic carbocycles. The van der Waals surface area contributed by atoms with Crippen molar-refractivity contribution in [2.24, 2.45) is 7.05 Å². The summed E-state index contributed by atoms with van der Waals surface area (Å²) in [6.07, 6.45) is 1.10. The largest absolute Gasteiger partial charge is 0.448 e. The first-order chi connectivity index (χ1) is 30.1.